The molecule has 3 aliphatic rings. The second-order valence-electron chi connectivity index (χ2n) is 11.2. The van der Waals surface area contributed by atoms with Crippen LogP contribution in [0.1, 0.15) is 77.5 Å². The lowest BCUT2D eigenvalue weighted by molar-refractivity contribution is -0.0980. The van der Waals surface area contributed by atoms with Crippen molar-refractivity contribution in [3.05, 3.63) is 98.8 Å². The lowest BCUT2D eigenvalue weighted by atomic mass is 9.91. The number of hydrogen-bond donors (Lipinski definition) is 1. The first-order valence-electron chi connectivity index (χ1n) is 14.8. The number of benzene rings is 3. The minimum Gasteiger partial charge on any atom is -0.493 e. The van der Waals surface area contributed by atoms with Crippen LogP contribution in [-0.2, 0) is 4.79 Å². The van der Waals surface area contributed by atoms with E-state index in [1.165, 1.54) is 23.6 Å². The van der Waals surface area contributed by atoms with Crippen molar-refractivity contribution in [2.24, 2.45) is 5.92 Å². The van der Waals surface area contributed by atoms with Crippen molar-refractivity contribution in [1.82, 2.24) is 9.62 Å². The third-order valence-electron chi connectivity index (χ3n) is 8.01. The van der Waals surface area contributed by atoms with Gasteiger partial charge in [0.15, 0.2) is 0 Å². The maximum absolute atomic E-state index is 15.0. The van der Waals surface area contributed by atoms with Crippen molar-refractivity contribution in [2.45, 2.75) is 55.7 Å². The summed E-state index contributed by atoms with van der Waals surface area (Å²) in [6.45, 7) is 4.34. The SMILES string of the molecule is C=O.CF.O=C(NSC1CC1)c1cc(C2CC2)c(OCC2CCN(C(c3ccccc3)c3cc(Cl)cc(Cl)c3)CC2)cc1F. The maximum atomic E-state index is 15.0. The summed E-state index contributed by atoms with van der Waals surface area (Å²) < 4.78 is 33.6. The molecule has 5 nitrogen and oxygen atoms in total. The van der Waals surface area contributed by atoms with Gasteiger partial charge in [0.2, 0.25) is 0 Å². The molecule has 0 bridgehead atoms. The molecule has 1 heterocycles. The van der Waals surface area contributed by atoms with Gasteiger partial charge >= 0.3 is 0 Å². The molecule has 1 amide bonds. The van der Waals surface area contributed by atoms with E-state index in [-0.39, 0.29) is 17.5 Å². The van der Waals surface area contributed by atoms with Gasteiger partial charge in [-0.2, -0.15) is 0 Å². The Morgan fingerprint density at radius 2 is 1.59 bits per heavy atom. The van der Waals surface area contributed by atoms with E-state index in [4.69, 9.17) is 32.7 Å². The minimum absolute atomic E-state index is 0.0617. The average molecular weight is 664 g/mol. The summed E-state index contributed by atoms with van der Waals surface area (Å²) in [5, 5.41) is 1.74. The maximum Gasteiger partial charge on any atom is 0.264 e. The molecule has 1 saturated heterocycles. The third-order valence-corrected chi connectivity index (χ3v) is 9.55. The van der Waals surface area contributed by atoms with E-state index in [2.05, 4.69) is 33.9 Å². The molecule has 6 rings (SSSR count). The molecule has 0 spiro atoms. The Hall–Kier alpha value is -2.65. The highest BCUT2D eigenvalue weighted by molar-refractivity contribution is 7.98. The van der Waals surface area contributed by atoms with E-state index in [0.29, 0.717) is 46.7 Å². The number of nitrogens with one attached hydrogen (secondary N) is 1. The number of carbonyl (C=O) groups excluding carboxylic acids is 2. The quantitative estimate of drug-likeness (QED) is 0.220. The Balaban J connectivity index is 0.00000106. The molecule has 1 unspecified atom stereocenters. The Bertz CT molecular complexity index is 1360. The molecule has 10 heteroatoms. The molecule has 3 fully saturated rings. The fourth-order valence-electron chi connectivity index (χ4n) is 5.53. The Morgan fingerprint density at radius 3 is 2.18 bits per heavy atom. The molecular weight excluding hydrogens is 625 g/mol. The highest BCUT2D eigenvalue weighted by Crippen LogP contribution is 2.45. The number of ether oxygens (including phenoxy) is 1. The van der Waals surface area contributed by atoms with Gasteiger partial charge in [0, 0.05) is 21.4 Å². The molecular formula is C34H38Cl2F2N2O3S. The second kappa shape index (κ2) is 16.6. The zero-order chi connectivity index (χ0) is 31.6. The molecule has 1 aliphatic heterocycles. The number of likely N-dealkylation sites (tertiary alicyclic amines) is 1. The standard InChI is InChI=1S/C32H33Cl2FN2O2S.CH3F.CH2O/c33-24-14-23(15-25(34)16-24)31(22-4-2-1-3-5-22)37-12-10-20(11-13-37)19-39-30-18-29(35)28(17-27(30)21-6-7-21)32(38)36-40-26-8-9-26;2*1-2/h1-5,14-18,20-21,26,31H,6-13,19H2,(H,36,38);1H3;1H2. The van der Waals surface area contributed by atoms with Gasteiger partial charge in [0.25, 0.3) is 5.91 Å². The normalized spacial score (nSPS) is 17.4. The fraction of sp³-hybridized carbons (Fsp3) is 0.412. The number of carbonyl (C=O) groups is 2. The first-order valence-corrected chi connectivity index (χ1v) is 16.4. The van der Waals surface area contributed by atoms with Gasteiger partial charge < -0.3 is 9.53 Å². The Morgan fingerprint density at radius 1 is 0.955 bits per heavy atom. The van der Waals surface area contributed by atoms with Crippen LogP contribution >= 0.6 is 35.1 Å². The highest BCUT2D eigenvalue weighted by atomic mass is 35.5. The molecule has 1 atom stereocenters. The summed E-state index contributed by atoms with van der Waals surface area (Å²) in [5.41, 5.74) is 3.37. The molecule has 0 radical (unpaired) electrons. The van der Waals surface area contributed by atoms with E-state index in [0.717, 1.165) is 62.7 Å². The van der Waals surface area contributed by atoms with E-state index in [9.17, 15) is 9.18 Å². The van der Waals surface area contributed by atoms with E-state index < -0.39 is 5.82 Å². The van der Waals surface area contributed by atoms with Crippen LogP contribution in [0, 0.1) is 11.7 Å². The summed E-state index contributed by atoms with van der Waals surface area (Å²) >= 11 is 14.2. The van der Waals surface area contributed by atoms with Crippen LogP contribution in [0.5, 0.6) is 5.75 Å². The number of halogens is 4. The average Bonchev–Trinajstić information content (AvgIpc) is 3.97. The molecule has 3 aromatic carbocycles. The van der Waals surface area contributed by atoms with Crippen LogP contribution in [0.25, 0.3) is 0 Å². The van der Waals surface area contributed by atoms with Gasteiger partial charge in [-0.15, -0.1) is 0 Å². The Kier molecular flexibility index (Phi) is 12.9. The monoisotopic (exact) mass is 662 g/mol. The minimum atomic E-state index is -0.519. The second-order valence-corrected chi connectivity index (χ2v) is 13.2. The van der Waals surface area contributed by atoms with E-state index in [1.54, 1.807) is 12.1 Å². The number of alkyl halides is 1. The van der Waals surface area contributed by atoms with Crippen LogP contribution in [0.2, 0.25) is 10.0 Å². The third kappa shape index (κ3) is 9.19. The predicted octanol–water partition coefficient (Wildman–Crippen LogP) is 8.83. The molecule has 1 N–H and O–H groups in total. The van der Waals surface area contributed by atoms with Crippen molar-refractivity contribution in [1.29, 1.82) is 0 Å². The van der Waals surface area contributed by atoms with E-state index >= 15 is 4.39 Å². The first-order chi connectivity index (χ1) is 21.4. The first kappa shape index (κ1) is 34.2. The van der Waals surface area contributed by atoms with E-state index in [1.807, 2.05) is 25.0 Å². The van der Waals surface area contributed by atoms with Crippen molar-refractivity contribution in [3.8, 4) is 5.75 Å². The summed E-state index contributed by atoms with van der Waals surface area (Å²) in [4.78, 5) is 23.1. The topological polar surface area (TPSA) is 58.6 Å². The van der Waals surface area contributed by atoms with Crippen LogP contribution in [-0.4, -0.2) is 49.7 Å². The predicted molar refractivity (Wildman–Crippen MR) is 175 cm³/mol. The van der Waals surface area contributed by atoms with Gasteiger partial charge in [0.05, 0.1) is 25.4 Å². The zero-order valence-corrected chi connectivity index (χ0v) is 27.1. The number of hydrogen-bond acceptors (Lipinski definition) is 5. The number of nitrogens with zero attached hydrogens (tertiary/aromatic N) is 1. The molecule has 2 aliphatic carbocycles. The van der Waals surface area contributed by atoms with Crippen LogP contribution < -0.4 is 9.46 Å². The smallest absolute Gasteiger partial charge is 0.264 e. The highest BCUT2D eigenvalue weighted by Gasteiger charge is 2.32. The number of rotatable bonds is 10. The lowest BCUT2D eigenvalue weighted by Crippen LogP contribution is -2.38. The lowest BCUT2D eigenvalue weighted by Gasteiger charge is -2.38. The molecule has 3 aromatic rings. The molecule has 44 heavy (non-hydrogen) atoms. The van der Waals surface area contributed by atoms with Crippen LogP contribution in [0.3, 0.4) is 0 Å². The number of piperidine rings is 1. The largest absolute Gasteiger partial charge is 0.493 e. The van der Waals surface area contributed by atoms with Crippen molar-refractivity contribution in [3.63, 3.8) is 0 Å². The van der Waals surface area contributed by atoms with Gasteiger partial charge in [-0.1, -0.05) is 53.5 Å². The van der Waals surface area contributed by atoms with Crippen molar-refractivity contribution < 1.29 is 23.1 Å². The van der Waals surface area contributed by atoms with Crippen LogP contribution in [0.4, 0.5) is 8.78 Å². The number of amides is 1. The van der Waals surface area contributed by atoms with Crippen molar-refractivity contribution >= 4 is 47.8 Å². The molecule has 2 saturated carbocycles. The summed E-state index contributed by atoms with van der Waals surface area (Å²) in [6, 6.07) is 19.4. The van der Waals surface area contributed by atoms with Crippen molar-refractivity contribution in [2.75, 3.05) is 26.9 Å². The molecule has 0 aromatic heterocycles. The van der Waals surface area contributed by atoms with Gasteiger partial charge in [-0.3, -0.25) is 18.8 Å². The summed E-state index contributed by atoms with van der Waals surface area (Å²) in [5.74, 6) is 0.419. The van der Waals surface area contributed by atoms with Gasteiger partial charge in [-0.05, 0) is 116 Å². The van der Waals surface area contributed by atoms with Crippen LogP contribution in [0.15, 0.2) is 60.7 Å². The van der Waals surface area contributed by atoms with Gasteiger partial charge in [-0.25, -0.2) is 4.39 Å². The summed E-state index contributed by atoms with van der Waals surface area (Å²) in [6.07, 6.45) is 6.25. The Labute approximate surface area is 272 Å². The fourth-order valence-corrected chi connectivity index (χ4v) is 6.83. The van der Waals surface area contributed by atoms with Gasteiger partial charge in [0.1, 0.15) is 18.4 Å². The zero-order valence-electron chi connectivity index (χ0n) is 24.7. The summed E-state index contributed by atoms with van der Waals surface area (Å²) in [7, 11) is 0.500. The molecule has 236 valence electrons.